The van der Waals surface area contributed by atoms with Crippen LogP contribution in [0.4, 0.5) is 0 Å². The molecule has 0 bridgehead atoms. The number of amides is 1. The van der Waals surface area contributed by atoms with E-state index in [1.165, 1.54) is 5.56 Å². The lowest BCUT2D eigenvalue weighted by Crippen LogP contribution is -2.37. The van der Waals surface area contributed by atoms with Crippen LogP contribution in [0.5, 0.6) is 5.75 Å². The summed E-state index contributed by atoms with van der Waals surface area (Å²) in [7, 11) is 3.44. The fourth-order valence-electron chi connectivity index (χ4n) is 3.60. The Labute approximate surface area is 168 Å². The summed E-state index contributed by atoms with van der Waals surface area (Å²) >= 11 is 1.72. The summed E-state index contributed by atoms with van der Waals surface area (Å²) in [6.07, 6.45) is 0.969. The molecule has 0 spiro atoms. The van der Waals surface area contributed by atoms with Crippen LogP contribution in [0.1, 0.15) is 22.5 Å². The van der Waals surface area contributed by atoms with Crippen LogP contribution in [0, 0.1) is 0 Å². The minimum absolute atomic E-state index is 0.0773. The maximum absolute atomic E-state index is 12.8. The highest BCUT2D eigenvalue weighted by Crippen LogP contribution is 2.23. The van der Waals surface area contributed by atoms with Crippen LogP contribution < -0.4 is 10.1 Å². The zero-order valence-electron chi connectivity index (χ0n) is 16.1. The summed E-state index contributed by atoms with van der Waals surface area (Å²) in [5.41, 5.74) is 3.59. The Morgan fingerprint density at radius 1 is 1.36 bits per heavy atom. The van der Waals surface area contributed by atoms with Gasteiger partial charge in [0.05, 0.1) is 12.8 Å². The number of methoxy groups -OCH3 is 1. The van der Waals surface area contributed by atoms with Gasteiger partial charge in [0.1, 0.15) is 11.4 Å². The maximum atomic E-state index is 12.8. The van der Waals surface area contributed by atoms with E-state index >= 15 is 0 Å². The van der Waals surface area contributed by atoms with Gasteiger partial charge in [0, 0.05) is 38.3 Å². The van der Waals surface area contributed by atoms with Crippen LogP contribution in [0.15, 0.2) is 47.2 Å². The van der Waals surface area contributed by atoms with Crippen molar-refractivity contribution in [3.8, 4) is 17.0 Å². The molecule has 6 nitrogen and oxygen atoms in total. The lowest BCUT2D eigenvalue weighted by Gasteiger charge is -2.16. The number of carbonyl (C=O) groups excluding carboxylic acids is 1. The van der Waals surface area contributed by atoms with E-state index in [-0.39, 0.29) is 11.9 Å². The Kier molecular flexibility index (Phi) is 5.45. The Bertz CT molecular complexity index is 951. The predicted molar refractivity (Wildman–Crippen MR) is 111 cm³/mol. The number of aryl methyl sites for hydroxylation is 1. The van der Waals surface area contributed by atoms with E-state index in [1.54, 1.807) is 30.2 Å². The molecule has 1 unspecified atom stereocenters. The molecule has 3 aromatic rings. The lowest BCUT2D eigenvalue weighted by atomic mass is 10.1. The summed E-state index contributed by atoms with van der Waals surface area (Å²) < 4.78 is 6.92. The zero-order chi connectivity index (χ0) is 19.5. The quantitative estimate of drug-likeness (QED) is 0.695. The van der Waals surface area contributed by atoms with Crippen molar-refractivity contribution in [3.63, 3.8) is 0 Å². The number of nitrogens with zero attached hydrogens (tertiary/aromatic N) is 3. The van der Waals surface area contributed by atoms with Crippen LogP contribution in [-0.2, 0) is 13.6 Å². The van der Waals surface area contributed by atoms with E-state index in [0.717, 1.165) is 43.1 Å². The second-order valence-electron chi connectivity index (χ2n) is 7.10. The first-order valence-corrected chi connectivity index (χ1v) is 10.3. The first-order valence-electron chi connectivity index (χ1n) is 9.35. The molecule has 1 atom stereocenters. The Morgan fingerprint density at radius 2 is 2.25 bits per heavy atom. The highest BCUT2D eigenvalue weighted by atomic mass is 32.1. The molecule has 1 aliphatic heterocycles. The van der Waals surface area contributed by atoms with Crippen molar-refractivity contribution in [3.05, 3.63) is 58.4 Å². The third-order valence-corrected chi connectivity index (χ3v) is 5.80. The third-order valence-electron chi connectivity index (χ3n) is 5.07. The molecule has 1 amide bonds. The molecule has 2 aromatic heterocycles. The van der Waals surface area contributed by atoms with Crippen LogP contribution >= 0.6 is 11.3 Å². The SMILES string of the molecule is COc1cccc(-c2cc(C(=O)NC3CCN(Cc4ccsc4)C3)n(C)n2)c1. The molecule has 0 aliphatic carbocycles. The monoisotopic (exact) mass is 396 g/mol. The highest BCUT2D eigenvalue weighted by Gasteiger charge is 2.25. The molecule has 1 aliphatic rings. The van der Waals surface area contributed by atoms with Gasteiger partial charge in [-0.15, -0.1) is 0 Å². The molecule has 1 fully saturated rings. The second-order valence-corrected chi connectivity index (χ2v) is 7.88. The molecular weight excluding hydrogens is 372 g/mol. The second kappa shape index (κ2) is 8.16. The van der Waals surface area contributed by atoms with Gasteiger partial charge < -0.3 is 10.1 Å². The van der Waals surface area contributed by atoms with Crippen molar-refractivity contribution in [2.45, 2.75) is 19.0 Å². The summed E-state index contributed by atoms with van der Waals surface area (Å²) in [5.74, 6) is 0.692. The predicted octanol–water partition coefficient (Wildman–Crippen LogP) is 3.16. The van der Waals surface area contributed by atoms with Crippen LogP contribution in [-0.4, -0.2) is 46.8 Å². The van der Waals surface area contributed by atoms with Crippen molar-refractivity contribution in [1.82, 2.24) is 20.0 Å². The number of hydrogen-bond acceptors (Lipinski definition) is 5. The summed E-state index contributed by atoms with van der Waals surface area (Å²) in [6.45, 7) is 2.82. The Morgan fingerprint density at radius 3 is 3.04 bits per heavy atom. The molecule has 1 aromatic carbocycles. The lowest BCUT2D eigenvalue weighted by molar-refractivity contribution is 0.0928. The van der Waals surface area contributed by atoms with E-state index in [2.05, 4.69) is 32.1 Å². The first-order chi connectivity index (χ1) is 13.6. The number of benzene rings is 1. The van der Waals surface area contributed by atoms with Gasteiger partial charge in [0.2, 0.25) is 0 Å². The number of carbonyl (C=O) groups is 1. The molecule has 7 heteroatoms. The Balaban J connectivity index is 1.40. The van der Waals surface area contributed by atoms with Crippen molar-refractivity contribution in [2.24, 2.45) is 7.05 Å². The minimum Gasteiger partial charge on any atom is -0.497 e. The van der Waals surface area contributed by atoms with E-state index in [0.29, 0.717) is 5.69 Å². The number of rotatable bonds is 6. The van der Waals surface area contributed by atoms with Gasteiger partial charge in [-0.1, -0.05) is 12.1 Å². The fraction of sp³-hybridized carbons (Fsp3) is 0.333. The van der Waals surface area contributed by atoms with Crippen molar-refractivity contribution < 1.29 is 9.53 Å². The van der Waals surface area contributed by atoms with Gasteiger partial charge in [0.15, 0.2) is 0 Å². The normalized spacial score (nSPS) is 17.0. The number of ether oxygens (including phenoxy) is 1. The fourth-order valence-corrected chi connectivity index (χ4v) is 4.26. The molecule has 0 radical (unpaired) electrons. The summed E-state index contributed by atoms with van der Waals surface area (Å²) in [5, 5.41) is 12.0. The smallest absolute Gasteiger partial charge is 0.269 e. The average Bonchev–Trinajstić information content (AvgIpc) is 3.44. The topological polar surface area (TPSA) is 59.4 Å². The van der Waals surface area contributed by atoms with Gasteiger partial charge >= 0.3 is 0 Å². The molecule has 0 saturated carbocycles. The van der Waals surface area contributed by atoms with Gasteiger partial charge in [0.25, 0.3) is 5.91 Å². The summed E-state index contributed by atoms with van der Waals surface area (Å²) in [4.78, 5) is 15.2. The average molecular weight is 397 g/mol. The van der Waals surface area contributed by atoms with E-state index < -0.39 is 0 Å². The number of likely N-dealkylation sites (tertiary alicyclic amines) is 1. The standard InChI is InChI=1S/C21H24N4O2S/c1-24-20(11-19(23-24)16-4-3-5-18(10-16)27-2)21(26)22-17-6-8-25(13-17)12-15-7-9-28-14-15/h3-5,7,9-11,14,17H,6,8,12-13H2,1-2H3,(H,22,26). The van der Waals surface area contributed by atoms with Crippen molar-refractivity contribution >= 4 is 17.2 Å². The molecule has 3 heterocycles. The number of nitrogens with one attached hydrogen (secondary N) is 1. The van der Waals surface area contributed by atoms with Crippen molar-refractivity contribution in [2.75, 3.05) is 20.2 Å². The molecular formula is C21H24N4O2S. The van der Waals surface area contributed by atoms with E-state index in [9.17, 15) is 4.79 Å². The molecule has 1 saturated heterocycles. The number of hydrogen-bond donors (Lipinski definition) is 1. The van der Waals surface area contributed by atoms with Crippen LogP contribution in [0.3, 0.4) is 0 Å². The number of thiophene rings is 1. The van der Waals surface area contributed by atoms with Crippen LogP contribution in [0.25, 0.3) is 11.3 Å². The minimum atomic E-state index is -0.0773. The number of aromatic nitrogens is 2. The zero-order valence-corrected chi connectivity index (χ0v) is 16.9. The van der Waals surface area contributed by atoms with E-state index in [1.807, 2.05) is 30.3 Å². The van der Waals surface area contributed by atoms with Gasteiger partial charge in [-0.05, 0) is 47.0 Å². The van der Waals surface area contributed by atoms with Gasteiger partial charge in [-0.2, -0.15) is 16.4 Å². The Hall–Kier alpha value is -2.64. The molecule has 28 heavy (non-hydrogen) atoms. The van der Waals surface area contributed by atoms with Gasteiger partial charge in [-0.3, -0.25) is 14.4 Å². The maximum Gasteiger partial charge on any atom is 0.269 e. The molecule has 1 N–H and O–H groups in total. The third kappa shape index (κ3) is 4.10. The van der Waals surface area contributed by atoms with Crippen LogP contribution in [0.2, 0.25) is 0 Å². The first kappa shape index (κ1) is 18.7. The van der Waals surface area contributed by atoms with E-state index in [4.69, 9.17) is 4.74 Å². The highest BCUT2D eigenvalue weighted by molar-refractivity contribution is 7.07. The summed E-state index contributed by atoms with van der Waals surface area (Å²) in [6, 6.07) is 11.9. The largest absolute Gasteiger partial charge is 0.497 e. The van der Waals surface area contributed by atoms with Gasteiger partial charge in [-0.25, -0.2) is 0 Å². The molecule has 4 rings (SSSR count). The van der Waals surface area contributed by atoms with Crippen molar-refractivity contribution in [1.29, 1.82) is 0 Å². The molecule has 146 valence electrons.